The van der Waals surface area contributed by atoms with Crippen molar-refractivity contribution < 1.29 is 9.47 Å². The third kappa shape index (κ3) is 4.86. The van der Waals surface area contributed by atoms with Crippen molar-refractivity contribution in [2.45, 2.75) is 63.0 Å². The molecule has 2 aliphatic heterocycles. The first-order chi connectivity index (χ1) is 12.2. The third-order valence-corrected chi connectivity index (χ3v) is 6.20. The second kappa shape index (κ2) is 8.69. The van der Waals surface area contributed by atoms with E-state index >= 15 is 0 Å². The lowest BCUT2D eigenvalue weighted by molar-refractivity contribution is -0.0353. The van der Waals surface area contributed by atoms with Crippen LogP contribution in [-0.2, 0) is 9.47 Å². The van der Waals surface area contributed by atoms with Gasteiger partial charge in [0.1, 0.15) is 0 Å². The molecule has 2 heterocycles. The number of aliphatic imine (C=N–C) groups is 1. The molecule has 144 valence electrons. The molecule has 3 fully saturated rings. The van der Waals surface area contributed by atoms with Gasteiger partial charge in [0.15, 0.2) is 5.96 Å². The maximum atomic E-state index is 5.88. The molecule has 6 heteroatoms. The molecule has 3 aliphatic rings. The monoisotopic (exact) mass is 352 g/mol. The lowest BCUT2D eigenvalue weighted by Crippen LogP contribution is -2.60. The number of hydrogen-bond donors (Lipinski definition) is 2. The first-order valence-corrected chi connectivity index (χ1v) is 10.1. The highest BCUT2D eigenvalue weighted by Gasteiger charge is 2.38. The van der Waals surface area contributed by atoms with Crippen molar-refractivity contribution in [3.8, 4) is 0 Å². The lowest BCUT2D eigenvalue weighted by Gasteiger charge is -2.48. The van der Waals surface area contributed by atoms with Crippen LogP contribution in [0.2, 0.25) is 0 Å². The molecule has 25 heavy (non-hydrogen) atoms. The van der Waals surface area contributed by atoms with Gasteiger partial charge in [0.05, 0.1) is 18.8 Å². The van der Waals surface area contributed by atoms with Gasteiger partial charge < -0.3 is 20.1 Å². The van der Waals surface area contributed by atoms with Crippen molar-refractivity contribution in [3.05, 3.63) is 0 Å². The summed E-state index contributed by atoms with van der Waals surface area (Å²) < 4.78 is 11.5. The van der Waals surface area contributed by atoms with E-state index in [1.807, 2.05) is 7.05 Å². The van der Waals surface area contributed by atoms with Crippen LogP contribution in [0.1, 0.15) is 51.9 Å². The Hall–Kier alpha value is -0.850. The molecule has 0 amide bonds. The molecule has 0 spiro atoms. The molecule has 2 saturated heterocycles. The number of rotatable bonds is 5. The SMILES string of the molecule is CN=C(NCC1(C)CCCO1)NCC1(N2CCOCC2)CCCCC1. The average Bonchev–Trinajstić information content (AvgIpc) is 3.10. The summed E-state index contributed by atoms with van der Waals surface area (Å²) in [5, 5.41) is 7.10. The maximum absolute atomic E-state index is 5.88. The van der Waals surface area contributed by atoms with Crippen LogP contribution in [0, 0.1) is 0 Å². The predicted octanol–water partition coefficient (Wildman–Crippen LogP) is 1.76. The van der Waals surface area contributed by atoms with Crippen molar-refractivity contribution in [2.24, 2.45) is 4.99 Å². The minimum absolute atomic E-state index is 0.0512. The largest absolute Gasteiger partial charge is 0.379 e. The van der Waals surface area contributed by atoms with Gasteiger partial charge in [-0.3, -0.25) is 9.89 Å². The van der Waals surface area contributed by atoms with E-state index in [1.165, 1.54) is 32.1 Å². The highest BCUT2D eigenvalue weighted by molar-refractivity contribution is 5.79. The van der Waals surface area contributed by atoms with Gasteiger partial charge in [-0.25, -0.2) is 0 Å². The van der Waals surface area contributed by atoms with Gasteiger partial charge in [-0.15, -0.1) is 0 Å². The van der Waals surface area contributed by atoms with E-state index in [0.29, 0.717) is 0 Å². The van der Waals surface area contributed by atoms with Gasteiger partial charge in [0.2, 0.25) is 0 Å². The van der Waals surface area contributed by atoms with Crippen molar-refractivity contribution in [2.75, 3.05) is 53.0 Å². The summed E-state index contributed by atoms with van der Waals surface area (Å²) in [5.74, 6) is 0.898. The van der Waals surface area contributed by atoms with E-state index in [2.05, 4.69) is 27.4 Å². The topological polar surface area (TPSA) is 58.1 Å². The summed E-state index contributed by atoms with van der Waals surface area (Å²) >= 11 is 0. The minimum atomic E-state index is -0.0512. The van der Waals surface area contributed by atoms with E-state index in [0.717, 1.165) is 64.8 Å². The highest BCUT2D eigenvalue weighted by Crippen LogP contribution is 2.33. The number of hydrogen-bond acceptors (Lipinski definition) is 4. The molecular weight excluding hydrogens is 316 g/mol. The smallest absolute Gasteiger partial charge is 0.191 e. The molecule has 6 nitrogen and oxygen atoms in total. The first-order valence-electron chi connectivity index (χ1n) is 10.1. The Morgan fingerprint density at radius 1 is 0.960 bits per heavy atom. The zero-order chi connectivity index (χ0) is 17.6. The predicted molar refractivity (Wildman–Crippen MR) is 101 cm³/mol. The standard InChI is InChI=1S/C19H36N4O2/c1-18(7-6-12-25-18)15-21-17(20-2)22-16-19(8-4-3-5-9-19)23-10-13-24-14-11-23/h3-16H2,1-2H3,(H2,20,21,22). The van der Waals surface area contributed by atoms with Crippen LogP contribution in [0.5, 0.6) is 0 Å². The quantitative estimate of drug-likeness (QED) is 0.583. The van der Waals surface area contributed by atoms with Crippen LogP contribution < -0.4 is 10.6 Å². The van der Waals surface area contributed by atoms with Crippen molar-refractivity contribution in [1.29, 1.82) is 0 Å². The number of ether oxygens (including phenoxy) is 2. The average molecular weight is 353 g/mol. The van der Waals surface area contributed by atoms with E-state index in [4.69, 9.17) is 9.47 Å². The second-order valence-electron chi connectivity index (χ2n) is 8.07. The molecule has 1 aliphatic carbocycles. The fourth-order valence-electron chi connectivity index (χ4n) is 4.57. The third-order valence-electron chi connectivity index (χ3n) is 6.20. The molecule has 0 radical (unpaired) electrons. The molecule has 0 aromatic carbocycles. The van der Waals surface area contributed by atoms with Crippen LogP contribution in [0.25, 0.3) is 0 Å². The van der Waals surface area contributed by atoms with Crippen LogP contribution >= 0.6 is 0 Å². The summed E-state index contributed by atoms with van der Waals surface area (Å²) in [4.78, 5) is 7.10. The van der Waals surface area contributed by atoms with Crippen molar-refractivity contribution >= 4 is 5.96 Å². The van der Waals surface area contributed by atoms with E-state index in [9.17, 15) is 0 Å². The van der Waals surface area contributed by atoms with Gasteiger partial charge >= 0.3 is 0 Å². The number of morpholine rings is 1. The number of nitrogens with one attached hydrogen (secondary N) is 2. The fraction of sp³-hybridized carbons (Fsp3) is 0.947. The molecule has 0 aromatic rings. The zero-order valence-corrected chi connectivity index (χ0v) is 16.1. The van der Waals surface area contributed by atoms with Crippen molar-refractivity contribution in [1.82, 2.24) is 15.5 Å². The summed E-state index contributed by atoms with van der Waals surface area (Å²) in [5.41, 5.74) is 0.206. The van der Waals surface area contributed by atoms with Crippen LogP contribution in [0.15, 0.2) is 4.99 Å². The van der Waals surface area contributed by atoms with Crippen LogP contribution in [0.4, 0.5) is 0 Å². The van der Waals surface area contributed by atoms with E-state index in [-0.39, 0.29) is 11.1 Å². The van der Waals surface area contributed by atoms with Gasteiger partial charge in [0.25, 0.3) is 0 Å². The van der Waals surface area contributed by atoms with Crippen LogP contribution in [-0.4, -0.2) is 75.0 Å². The number of guanidine groups is 1. The Labute approximate surface area is 152 Å². The molecule has 0 aromatic heterocycles. The van der Waals surface area contributed by atoms with Gasteiger partial charge in [0, 0.05) is 45.4 Å². The zero-order valence-electron chi connectivity index (χ0n) is 16.1. The molecule has 1 atom stereocenters. The normalized spacial score (nSPS) is 31.0. The Bertz CT molecular complexity index is 437. The van der Waals surface area contributed by atoms with Crippen LogP contribution in [0.3, 0.4) is 0 Å². The fourth-order valence-corrected chi connectivity index (χ4v) is 4.57. The Balaban J connectivity index is 1.55. The second-order valence-corrected chi connectivity index (χ2v) is 8.07. The Kier molecular flexibility index (Phi) is 6.58. The van der Waals surface area contributed by atoms with Gasteiger partial charge in [-0.05, 0) is 32.6 Å². The molecule has 1 saturated carbocycles. The molecule has 0 bridgehead atoms. The Morgan fingerprint density at radius 2 is 1.68 bits per heavy atom. The van der Waals surface area contributed by atoms with Gasteiger partial charge in [-0.1, -0.05) is 19.3 Å². The summed E-state index contributed by atoms with van der Waals surface area (Å²) in [7, 11) is 1.86. The molecular formula is C19H36N4O2. The number of nitrogens with zero attached hydrogens (tertiary/aromatic N) is 2. The summed E-state index contributed by atoms with van der Waals surface area (Å²) in [6.07, 6.45) is 8.86. The molecule has 2 N–H and O–H groups in total. The van der Waals surface area contributed by atoms with Gasteiger partial charge in [-0.2, -0.15) is 0 Å². The lowest BCUT2D eigenvalue weighted by atomic mass is 9.80. The first kappa shape index (κ1) is 18.9. The summed E-state index contributed by atoms with van der Waals surface area (Å²) in [6.45, 7) is 8.69. The Morgan fingerprint density at radius 3 is 2.32 bits per heavy atom. The van der Waals surface area contributed by atoms with Crippen molar-refractivity contribution in [3.63, 3.8) is 0 Å². The minimum Gasteiger partial charge on any atom is -0.379 e. The summed E-state index contributed by atoms with van der Waals surface area (Å²) in [6, 6.07) is 0. The van der Waals surface area contributed by atoms with E-state index in [1.54, 1.807) is 0 Å². The molecule has 3 rings (SSSR count). The maximum Gasteiger partial charge on any atom is 0.191 e. The highest BCUT2D eigenvalue weighted by atomic mass is 16.5. The van der Waals surface area contributed by atoms with E-state index < -0.39 is 0 Å². The molecule has 1 unspecified atom stereocenters.